The number of nitrogens with one attached hydrogen (secondary N) is 2. The molecule has 2 N–H and O–H groups in total. The summed E-state index contributed by atoms with van der Waals surface area (Å²) in [5.41, 5.74) is 1.88. The summed E-state index contributed by atoms with van der Waals surface area (Å²) in [6, 6.07) is 7.21. The highest BCUT2D eigenvalue weighted by atomic mass is 16.7. The van der Waals surface area contributed by atoms with Crippen LogP contribution in [0.4, 0.5) is 5.69 Å². The minimum absolute atomic E-state index is 0.219. The number of H-pyrrole nitrogens is 1. The van der Waals surface area contributed by atoms with Crippen LogP contribution in [0.15, 0.2) is 41.8 Å². The number of hydrogen-bond donors (Lipinski definition) is 2. The maximum atomic E-state index is 12.6. The zero-order chi connectivity index (χ0) is 18.7. The van der Waals surface area contributed by atoms with Gasteiger partial charge in [0.05, 0.1) is 13.3 Å². The summed E-state index contributed by atoms with van der Waals surface area (Å²) in [5, 5.41) is 13.8. The molecule has 8 nitrogen and oxygen atoms in total. The Morgan fingerprint density at radius 2 is 2.26 bits per heavy atom. The van der Waals surface area contributed by atoms with Crippen molar-refractivity contribution < 1.29 is 14.4 Å². The fourth-order valence-electron chi connectivity index (χ4n) is 3.69. The third-order valence-corrected chi connectivity index (χ3v) is 5.03. The first kappa shape index (κ1) is 17.5. The lowest BCUT2D eigenvalue weighted by molar-refractivity contribution is -0.110. The highest BCUT2D eigenvalue weighted by Gasteiger charge is 2.44. The zero-order valence-electron chi connectivity index (χ0n) is 15.3. The third kappa shape index (κ3) is 3.95. The van der Waals surface area contributed by atoms with Gasteiger partial charge in [0, 0.05) is 37.0 Å². The minimum Gasteiger partial charge on any atom is -0.497 e. The van der Waals surface area contributed by atoms with E-state index in [1.54, 1.807) is 31.4 Å². The summed E-state index contributed by atoms with van der Waals surface area (Å²) < 4.78 is 5.13. The first-order valence-corrected chi connectivity index (χ1v) is 9.06. The molecular formula is C19H23N5O3. The Kier molecular flexibility index (Phi) is 4.81. The second-order valence-electron chi connectivity index (χ2n) is 7.09. The summed E-state index contributed by atoms with van der Waals surface area (Å²) in [6.45, 7) is 2.57. The predicted molar refractivity (Wildman–Crippen MR) is 101 cm³/mol. The largest absolute Gasteiger partial charge is 0.497 e. The van der Waals surface area contributed by atoms with E-state index in [0.717, 1.165) is 43.8 Å². The van der Waals surface area contributed by atoms with Crippen LogP contribution >= 0.6 is 0 Å². The molecule has 3 heterocycles. The smallest absolute Gasteiger partial charge is 0.273 e. The number of aromatic amines is 1. The van der Waals surface area contributed by atoms with Gasteiger partial charge in [-0.05, 0) is 43.7 Å². The minimum atomic E-state index is -0.408. The molecule has 1 saturated heterocycles. The van der Waals surface area contributed by atoms with Crippen molar-refractivity contribution in [1.82, 2.24) is 15.1 Å². The number of amides is 1. The molecule has 0 bridgehead atoms. The van der Waals surface area contributed by atoms with Crippen molar-refractivity contribution in [3.8, 4) is 5.75 Å². The Bertz CT molecular complexity index is 818. The maximum absolute atomic E-state index is 12.6. The van der Waals surface area contributed by atoms with Crippen molar-refractivity contribution in [3.63, 3.8) is 0 Å². The molecule has 1 fully saturated rings. The lowest BCUT2D eigenvalue weighted by atomic mass is 9.88. The number of benzene rings is 1. The second-order valence-corrected chi connectivity index (χ2v) is 7.09. The van der Waals surface area contributed by atoms with Crippen molar-refractivity contribution in [2.45, 2.75) is 31.4 Å². The molecule has 1 amide bonds. The molecular weight excluding hydrogens is 346 g/mol. The second kappa shape index (κ2) is 7.40. The van der Waals surface area contributed by atoms with E-state index < -0.39 is 5.60 Å². The lowest BCUT2D eigenvalue weighted by Gasteiger charge is -2.38. The number of ether oxygens (including phenoxy) is 1. The number of rotatable bonds is 5. The van der Waals surface area contributed by atoms with Crippen molar-refractivity contribution >= 4 is 17.3 Å². The lowest BCUT2D eigenvalue weighted by Crippen LogP contribution is -2.48. The molecule has 0 saturated carbocycles. The number of piperidine rings is 1. The number of oxime groups is 1. The van der Waals surface area contributed by atoms with E-state index in [1.165, 1.54) is 0 Å². The number of likely N-dealkylation sites (tertiary alicyclic amines) is 1. The Hall–Kier alpha value is -2.87. The van der Waals surface area contributed by atoms with Gasteiger partial charge in [-0.15, -0.1) is 0 Å². The fourth-order valence-corrected chi connectivity index (χ4v) is 3.69. The van der Waals surface area contributed by atoms with Crippen LogP contribution in [0.5, 0.6) is 5.75 Å². The van der Waals surface area contributed by atoms with Crippen molar-refractivity contribution in [3.05, 3.63) is 42.2 Å². The normalized spacial score (nSPS) is 22.3. The van der Waals surface area contributed by atoms with Gasteiger partial charge in [-0.1, -0.05) is 5.16 Å². The number of carbonyl (C=O) groups is 1. The molecule has 4 rings (SSSR count). The Labute approximate surface area is 157 Å². The van der Waals surface area contributed by atoms with Gasteiger partial charge in [-0.2, -0.15) is 5.10 Å². The van der Waals surface area contributed by atoms with Gasteiger partial charge in [0.15, 0.2) is 5.60 Å². The highest BCUT2D eigenvalue weighted by Crippen LogP contribution is 2.34. The average Bonchev–Trinajstić information content (AvgIpc) is 3.33. The molecule has 142 valence electrons. The molecule has 1 atom stereocenters. The summed E-state index contributed by atoms with van der Waals surface area (Å²) in [6.07, 6.45) is 6.18. The van der Waals surface area contributed by atoms with Crippen molar-refractivity contribution in [2.24, 2.45) is 5.16 Å². The van der Waals surface area contributed by atoms with Gasteiger partial charge in [0.1, 0.15) is 11.5 Å². The summed E-state index contributed by atoms with van der Waals surface area (Å²) in [5.74, 6) is 0.525. The number of carbonyl (C=O) groups excluding carboxylic acids is 1. The summed E-state index contributed by atoms with van der Waals surface area (Å²) >= 11 is 0. The van der Waals surface area contributed by atoms with E-state index in [1.807, 2.05) is 12.4 Å². The standard InChI is InChI=1S/C19H23N5O3/c1-26-16-5-3-15(4-6-16)22-18(25)17-9-19(27-23-17)7-2-8-24(13-19)12-14-10-20-21-11-14/h3-6,10-11H,2,7-9,12-13H2,1H3,(H,20,21)(H,22,25). The first-order valence-electron chi connectivity index (χ1n) is 9.06. The van der Waals surface area contributed by atoms with E-state index >= 15 is 0 Å². The number of hydrogen-bond acceptors (Lipinski definition) is 6. The number of methoxy groups -OCH3 is 1. The van der Waals surface area contributed by atoms with Crippen molar-refractivity contribution in [1.29, 1.82) is 0 Å². The Morgan fingerprint density at radius 3 is 3.00 bits per heavy atom. The number of anilines is 1. The van der Waals surface area contributed by atoms with E-state index in [2.05, 4.69) is 25.6 Å². The van der Waals surface area contributed by atoms with E-state index in [9.17, 15) is 4.79 Å². The maximum Gasteiger partial charge on any atom is 0.273 e. The average molecular weight is 369 g/mol. The molecule has 0 aliphatic carbocycles. The fraction of sp³-hybridized carbons (Fsp3) is 0.421. The van der Waals surface area contributed by atoms with Crippen LogP contribution < -0.4 is 10.1 Å². The van der Waals surface area contributed by atoms with Gasteiger partial charge in [-0.3, -0.25) is 14.8 Å². The quantitative estimate of drug-likeness (QED) is 0.843. The van der Waals surface area contributed by atoms with Crippen LogP contribution in [0.2, 0.25) is 0 Å². The molecule has 1 spiro atoms. The summed E-state index contributed by atoms with van der Waals surface area (Å²) in [7, 11) is 1.61. The van der Waals surface area contributed by atoms with Crippen LogP contribution in [0, 0.1) is 0 Å². The topological polar surface area (TPSA) is 91.8 Å². The Morgan fingerprint density at radius 1 is 1.41 bits per heavy atom. The van der Waals surface area contributed by atoms with Crippen LogP contribution in [0.1, 0.15) is 24.8 Å². The zero-order valence-corrected chi connectivity index (χ0v) is 15.3. The molecule has 2 aliphatic rings. The summed E-state index contributed by atoms with van der Waals surface area (Å²) in [4.78, 5) is 20.7. The van der Waals surface area contributed by atoms with Gasteiger partial charge in [0.2, 0.25) is 0 Å². The third-order valence-electron chi connectivity index (χ3n) is 5.03. The molecule has 2 aromatic rings. The van der Waals surface area contributed by atoms with E-state index in [0.29, 0.717) is 17.8 Å². The highest BCUT2D eigenvalue weighted by molar-refractivity contribution is 6.43. The molecule has 1 aromatic heterocycles. The molecule has 27 heavy (non-hydrogen) atoms. The van der Waals surface area contributed by atoms with E-state index in [4.69, 9.17) is 9.57 Å². The SMILES string of the molecule is COc1ccc(NC(=O)C2=NOC3(CCCN(Cc4cn[nH]c4)C3)C2)cc1. The molecule has 8 heteroatoms. The van der Waals surface area contributed by atoms with E-state index in [-0.39, 0.29) is 5.91 Å². The number of nitrogens with zero attached hydrogens (tertiary/aromatic N) is 3. The van der Waals surface area contributed by atoms with Gasteiger partial charge in [0.25, 0.3) is 5.91 Å². The van der Waals surface area contributed by atoms with Crippen LogP contribution in [0.25, 0.3) is 0 Å². The Balaban J connectivity index is 1.35. The van der Waals surface area contributed by atoms with Crippen LogP contribution in [0.3, 0.4) is 0 Å². The van der Waals surface area contributed by atoms with Gasteiger partial charge >= 0.3 is 0 Å². The van der Waals surface area contributed by atoms with Crippen LogP contribution in [-0.2, 0) is 16.2 Å². The molecule has 1 aromatic carbocycles. The molecule has 1 unspecified atom stereocenters. The molecule has 2 aliphatic heterocycles. The molecule has 0 radical (unpaired) electrons. The van der Waals surface area contributed by atoms with Gasteiger partial charge < -0.3 is 14.9 Å². The van der Waals surface area contributed by atoms with Crippen molar-refractivity contribution in [2.75, 3.05) is 25.5 Å². The van der Waals surface area contributed by atoms with Gasteiger partial charge in [-0.25, -0.2) is 0 Å². The monoisotopic (exact) mass is 369 g/mol. The van der Waals surface area contributed by atoms with Crippen LogP contribution in [-0.4, -0.2) is 52.5 Å². The first-order chi connectivity index (χ1) is 13.2. The predicted octanol–water partition coefficient (Wildman–Crippen LogP) is 2.17. The number of aromatic nitrogens is 2.